The van der Waals surface area contributed by atoms with Gasteiger partial charge in [0.15, 0.2) is 5.17 Å². The predicted molar refractivity (Wildman–Crippen MR) is 101 cm³/mol. The Bertz CT molecular complexity index is 973. The highest BCUT2D eigenvalue weighted by Gasteiger charge is 2.32. The van der Waals surface area contributed by atoms with Crippen LogP contribution < -0.4 is 4.90 Å². The van der Waals surface area contributed by atoms with Gasteiger partial charge in [-0.1, -0.05) is 49.0 Å². The zero-order valence-electron chi connectivity index (χ0n) is 14.4. The molecule has 0 spiro atoms. The van der Waals surface area contributed by atoms with Crippen LogP contribution in [-0.2, 0) is 22.0 Å². The molecule has 0 atom stereocenters. The summed E-state index contributed by atoms with van der Waals surface area (Å²) in [5.41, 5.74) is 0.265. The molecule has 3 rings (SSSR count). The maximum absolute atomic E-state index is 12.9. The first-order valence-corrected chi connectivity index (χ1v) is 10.7. The Labute approximate surface area is 160 Å². The van der Waals surface area contributed by atoms with Crippen LogP contribution in [0, 0.1) is 0 Å². The number of benzene rings is 2. The summed E-state index contributed by atoms with van der Waals surface area (Å²) in [6, 6.07) is 11.6. The van der Waals surface area contributed by atoms with Crippen molar-refractivity contribution < 1.29 is 21.6 Å². The van der Waals surface area contributed by atoms with Crippen LogP contribution in [-0.4, -0.2) is 20.1 Å². The van der Waals surface area contributed by atoms with Gasteiger partial charge in [0.2, 0.25) is 0 Å². The van der Waals surface area contributed by atoms with E-state index in [1.165, 1.54) is 12.1 Å². The number of amidine groups is 1. The molecule has 9 heteroatoms. The second-order valence-corrected chi connectivity index (χ2v) is 8.47. The fourth-order valence-corrected chi connectivity index (χ4v) is 5.15. The van der Waals surface area contributed by atoms with Crippen LogP contribution in [0.3, 0.4) is 0 Å². The molecule has 1 aliphatic rings. The van der Waals surface area contributed by atoms with E-state index < -0.39 is 21.8 Å². The Hall–Kier alpha value is -2.00. The quantitative estimate of drug-likeness (QED) is 0.713. The lowest BCUT2D eigenvalue weighted by atomic mass is 10.1. The first-order chi connectivity index (χ1) is 12.7. The third-order valence-electron chi connectivity index (χ3n) is 3.93. The van der Waals surface area contributed by atoms with E-state index in [9.17, 15) is 21.6 Å². The van der Waals surface area contributed by atoms with Gasteiger partial charge in [-0.15, -0.1) is 4.40 Å². The standard InChI is InChI=1S/C18H17F3N2O2S2/c1-2-10-23-15-8-3-4-9-16(15)27(24,25)22-17(23)26-12-13-6-5-7-14(11-13)18(19,20)21/h3-9,11H,2,10,12H2,1H3. The Morgan fingerprint density at radius 1 is 1.11 bits per heavy atom. The monoisotopic (exact) mass is 414 g/mol. The molecule has 144 valence electrons. The fourth-order valence-electron chi connectivity index (χ4n) is 2.73. The van der Waals surface area contributed by atoms with Crippen molar-refractivity contribution in [3.63, 3.8) is 0 Å². The Morgan fingerprint density at radius 3 is 2.56 bits per heavy atom. The maximum atomic E-state index is 12.9. The van der Waals surface area contributed by atoms with Crippen molar-refractivity contribution in [2.24, 2.45) is 4.40 Å². The van der Waals surface area contributed by atoms with Crippen molar-refractivity contribution in [1.29, 1.82) is 0 Å². The van der Waals surface area contributed by atoms with Crippen LogP contribution >= 0.6 is 11.8 Å². The smallest absolute Gasteiger partial charge is 0.319 e. The van der Waals surface area contributed by atoms with Crippen molar-refractivity contribution in [3.8, 4) is 0 Å². The Morgan fingerprint density at radius 2 is 1.85 bits per heavy atom. The number of anilines is 1. The van der Waals surface area contributed by atoms with E-state index in [4.69, 9.17) is 0 Å². The van der Waals surface area contributed by atoms with Gasteiger partial charge in [0.25, 0.3) is 10.0 Å². The molecular formula is C18H17F3N2O2S2. The van der Waals surface area contributed by atoms with E-state index in [1.54, 1.807) is 29.2 Å². The summed E-state index contributed by atoms with van der Waals surface area (Å²) in [4.78, 5) is 1.94. The molecule has 2 aromatic rings. The fraction of sp³-hybridized carbons (Fsp3) is 0.278. The SMILES string of the molecule is CCCN1C(SCc2cccc(C(F)(F)F)c2)=NS(=O)(=O)c2ccccc21. The first kappa shape index (κ1) is 19.8. The number of sulfonamides is 1. The van der Waals surface area contributed by atoms with Crippen molar-refractivity contribution in [2.75, 3.05) is 11.4 Å². The molecule has 0 bridgehead atoms. The van der Waals surface area contributed by atoms with Crippen LogP contribution in [0.2, 0.25) is 0 Å². The van der Waals surface area contributed by atoms with Crippen molar-refractivity contribution in [2.45, 2.75) is 30.2 Å². The van der Waals surface area contributed by atoms with E-state index in [1.807, 2.05) is 6.92 Å². The molecule has 0 unspecified atom stereocenters. The van der Waals surface area contributed by atoms with Crippen LogP contribution in [0.1, 0.15) is 24.5 Å². The van der Waals surface area contributed by atoms with Crippen LogP contribution in [0.15, 0.2) is 57.8 Å². The van der Waals surface area contributed by atoms with Gasteiger partial charge in [0, 0.05) is 12.3 Å². The summed E-state index contributed by atoms with van der Waals surface area (Å²) in [5, 5.41) is 0.271. The molecule has 0 N–H and O–H groups in total. The number of hydrogen-bond acceptors (Lipinski definition) is 4. The highest BCUT2D eigenvalue weighted by molar-refractivity contribution is 8.14. The Balaban J connectivity index is 1.89. The van der Waals surface area contributed by atoms with E-state index in [2.05, 4.69) is 4.40 Å². The molecular weight excluding hydrogens is 397 g/mol. The average molecular weight is 414 g/mol. The first-order valence-electron chi connectivity index (χ1n) is 8.23. The molecule has 0 saturated heterocycles. The van der Waals surface area contributed by atoms with Gasteiger partial charge in [0.05, 0.1) is 11.3 Å². The molecule has 0 saturated carbocycles. The zero-order valence-corrected chi connectivity index (χ0v) is 16.0. The summed E-state index contributed by atoms with van der Waals surface area (Å²) < 4.78 is 67.4. The zero-order chi connectivity index (χ0) is 19.7. The molecule has 1 aliphatic heterocycles. The molecule has 0 aromatic heterocycles. The Kier molecular flexibility index (Phi) is 5.53. The third kappa shape index (κ3) is 4.30. The molecule has 2 aromatic carbocycles. The van der Waals surface area contributed by atoms with Crippen molar-refractivity contribution >= 4 is 32.6 Å². The normalized spacial score (nSPS) is 16.0. The van der Waals surface area contributed by atoms with Gasteiger partial charge in [-0.05, 0) is 30.2 Å². The summed E-state index contributed by atoms with van der Waals surface area (Å²) in [6.45, 7) is 2.52. The van der Waals surface area contributed by atoms with Gasteiger partial charge in [-0.25, -0.2) is 0 Å². The van der Waals surface area contributed by atoms with Crippen LogP contribution in [0.5, 0.6) is 0 Å². The highest BCUT2D eigenvalue weighted by Crippen LogP contribution is 2.35. The molecule has 4 nitrogen and oxygen atoms in total. The predicted octanol–water partition coefficient (Wildman–Crippen LogP) is 4.91. The van der Waals surface area contributed by atoms with E-state index in [0.29, 0.717) is 17.8 Å². The second kappa shape index (κ2) is 7.55. The lowest BCUT2D eigenvalue weighted by Gasteiger charge is -2.30. The van der Waals surface area contributed by atoms with Gasteiger partial charge >= 0.3 is 6.18 Å². The lowest BCUT2D eigenvalue weighted by molar-refractivity contribution is -0.137. The second-order valence-electron chi connectivity index (χ2n) is 5.96. The van der Waals surface area contributed by atoms with Crippen molar-refractivity contribution in [1.82, 2.24) is 0 Å². The lowest BCUT2D eigenvalue weighted by Crippen LogP contribution is -2.34. The minimum absolute atomic E-state index is 0.141. The molecule has 27 heavy (non-hydrogen) atoms. The van der Waals surface area contributed by atoms with Gasteiger partial charge < -0.3 is 4.90 Å². The minimum Gasteiger partial charge on any atom is -0.319 e. The molecule has 0 amide bonds. The summed E-state index contributed by atoms with van der Waals surface area (Å²) in [5.74, 6) is 0.181. The topological polar surface area (TPSA) is 49.7 Å². The molecule has 0 aliphatic carbocycles. The maximum Gasteiger partial charge on any atom is 0.416 e. The number of nitrogens with zero attached hydrogens (tertiary/aromatic N) is 2. The largest absolute Gasteiger partial charge is 0.416 e. The highest BCUT2D eigenvalue weighted by atomic mass is 32.2. The summed E-state index contributed by atoms with van der Waals surface area (Å²) in [6.07, 6.45) is -3.66. The van der Waals surface area contributed by atoms with Gasteiger partial charge in [0.1, 0.15) is 4.90 Å². The number of thioether (sulfide) groups is 1. The van der Waals surface area contributed by atoms with Crippen molar-refractivity contribution in [3.05, 3.63) is 59.7 Å². The van der Waals surface area contributed by atoms with Gasteiger partial charge in [-0.3, -0.25) is 0 Å². The number of hydrogen-bond donors (Lipinski definition) is 0. The number of halogens is 3. The molecule has 1 heterocycles. The number of alkyl halides is 3. The molecule has 0 radical (unpaired) electrons. The third-order valence-corrected chi connectivity index (χ3v) is 6.41. The van der Waals surface area contributed by atoms with E-state index >= 15 is 0 Å². The number of para-hydroxylation sites is 1. The van der Waals surface area contributed by atoms with Gasteiger partial charge in [-0.2, -0.15) is 21.6 Å². The number of rotatable bonds is 4. The van der Waals surface area contributed by atoms with E-state index in [-0.39, 0.29) is 15.8 Å². The summed E-state index contributed by atoms with van der Waals surface area (Å²) >= 11 is 1.11. The minimum atomic E-state index is -4.42. The van der Waals surface area contributed by atoms with Crippen LogP contribution in [0.4, 0.5) is 18.9 Å². The van der Waals surface area contributed by atoms with Crippen LogP contribution in [0.25, 0.3) is 0 Å². The molecule has 0 fully saturated rings. The van der Waals surface area contributed by atoms with E-state index in [0.717, 1.165) is 30.3 Å². The number of fused-ring (bicyclic) bond motifs is 1. The summed E-state index contributed by atoms with van der Waals surface area (Å²) in [7, 11) is -3.83. The average Bonchev–Trinajstić information content (AvgIpc) is 2.62.